The SMILES string of the molecule is CCCc1nc(S(N)(=O)=O)cn1CC(C)OC. The Morgan fingerprint density at radius 2 is 2.24 bits per heavy atom. The lowest BCUT2D eigenvalue weighted by Gasteiger charge is -2.12. The molecule has 0 aromatic carbocycles. The Morgan fingerprint density at radius 3 is 2.71 bits per heavy atom. The van der Waals surface area contributed by atoms with Crippen molar-refractivity contribution in [1.82, 2.24) is 9.55 Å². The molecule has 0 fully saturated rings. The Morgan fingerprint density at radius 1 is 1.59 bits per heavy atom. The lowest BCUT2D eigenvalue weighted by atomic mass is 10.3. The summed E-state index contributed by atoms with van der Waals surface area (Å²) in [5.41, 5.74) is 0. The van der Waals surface area contributed by atoms with Gasteiger partial charge in [0, 0.05) is 26.3 Å². The van der Waals surface area contributed by atoms with Gasteiger partial charge in [0.15, 0.2) is 5.03 Å². The number of nitrogens with zero attached hydrogens (tertiary/aromatic N) is 2. The van der Waals surface area contributed by atoms with E-state index in [-0.39, 0.29) is 11.1 Å². The molecule has 0 amide bonds. The number of rotatable bonds is 6. The fourth-order valence-electron chi connectivity index (χ4n) is 1.50. The van der Waals surface area contributed by atoms with Gasteiger partial charge in [-0.2, -0.15) is 0 Å². The number of aryl methyl sites for hydroxylation is 1. The first-order valence-electron chi connectivity index (χ1n) is 5.50. The first-order chi connectivity index (χ1) is 7.88. The molecule has 1 atom stereocenters. The van der Waals surface area contributed by atoms with Crippen LogP contribution in [0.2, 0.25) is 0 Å². The monoisotopic (exact) mass is 261 g/mol. The van der Waals surface area contributed by atoms with Crippen LogP contribution in [0.25, 0.3) is 0 Å². The molecule has 0 aliphatic carbocycles. The normalized spacial score (nSPS) is 13.9. The van der Waals surface area contributed by atoms with Crippen molar-refractivity contribution < 1.29 is 13.2 Å². The summed E-state index contributed by atoms with van der Waals surface area (Å²) in [4.78, 5) is 4.05. The maximum atomic E-state index is 11.2. The van der Waals surface area contributed by atoms with Crippen molar-refractivity contribution in [3.05, 3.63) is 12.0 Å². The molecule has 6 nitrogen and oxygen atoms in total. The molecular weight excluding hydrogens is 242 g/mol. The minimum absolute atomic E-state index is 0.00636. The van der Waals surface area contributed by atoms with Crippen LogP contribution < -0.4 is 5.14 Å². The van der Waals surface area contributed by atoms with Crippen LogP contribution in [0.15, 0.2) is 11.2 Å². The van der Waals surface area contributed by atoms with Gasteiger partial charge in [0.25, 0.3) is 10.0 Å². The zero-order chi connectivity index (χ0) is 13.1. The molecule has 1 aromatic rings. The van der Waals surface area contributed by atoms with Crippen molar-refractivity contribution in [3.63, 3.8) is 0 Å². The van der Waals surface area contributed by atoms with Crippen molar-refractivity contribution in [2.24, 2.45) is 5.14 Å². The van der Waals surface area contributed by atoms with Crippen molar-refractivity contribution in [2.45, 2.75) is 44.4 Å². The maximum absolute atomic E-state index is 11.2. The van der Waals surface area contributed by atoms with Crippen LogP contribution in [0, 0.1) is 0 Å². The molecule has 98 valence electrons. The number of primary sulfonamides is 1. The van der Waals surface area contributed by atoms with Gasteiger partial charge in [-0.3, -0.25) is 0 Å². The molecule has 0 saturated heterocycles. The standard InChI is InChI=1S/C10H19N3O3S/c1-4-5-9-12-10(17(11,14)15)7-13(9)6-8(2)16-3/h7-8H,4-6H2,1-3H3,(H2,11,14,15). The number of hydrogen-bond acceptors (Lipinski definition) is 4. The third-order valence-electron chi connectivity index (χ3n) is 2.46. The second-order valence-electron chi connectivity index (χ2n) is 3.99. The molecule has 0 aliphatic heterocycles. The van der Waals surface area contributed by atoms with E-state index in [2.05, 4.69) is 4.98 Å². The number of sulfonamides is 1. The van der Waals surface area contributed by atoms with Crippen LogP contribution in [0.3, 0.4) is 0 Å². The highest BCUT2D eigenvalue weighted by Crippen LogP contribution is 2.11. The highest BCUT2D eigenvalue weighted by Gasteiger charge is 2.16. The molecule has 2 N–H and O–H groups in total. The summed E-state index contributed by atoms with van der Waals surface area (Å²) in [5.74, 6) is 0.723. The van der Waals surface area contributed by atoms with Gasteiger partial charge in [0.2, 0.25) is 0 Å². The Balaban J connectivity index is 3.05. The fourth-order valence-corrected chi connectivity index (χ4v) is 2.00. The summed E-state index contributed by atoms with van der Waals surface area (Å²) < 4.78 is 29.4. The van der Waals surface area contributed by atoms with E-state index in [0.717, 1.165) is 12.2 Å². The van der Waals surface area contributed by atoms with Crippen LogP contribution >= 0.6 is 0 Å². The highest BCUT2D eigenvalue weighted by molar-refractivity contribution is 7.89. The molecule has 0 spiro atoms. The Hall–Kier alpha value is -0.920. The van der Waals surface area contributed by atoms with Gasteiger partial charge in [-0.25, -0.2) is 18.5 Å². The van der Waals surface area contributed by atoms with Gasteiger partial charge in [-0.1, -0.05) is 6.92 Å². The molecule has 1 rings (SSSR count). The van der Waals surface area contributed by atoms with Gasteiger partial charge in [-0.15, -0.1) is 0 Å². The topological polar surface area (TPSA) is 87.2 Å². The van der Waals surface area contributed by atoms with Gasteiger partial charge >= 0.3 is 0 Å². The fraction of sp³-hybridized carbons (Fsp3) is 0.700. The summed E-state index contributed by atoms with van der Waals surface area (Å²) in [6.45, 7) is 4.48. The highest BCUT2D eigenvalue weighted by atomic mass is 32.2. The van der Waals surface area contributed by atoms with Crippen LogP contribution in [-0.4, -0.2) is 31.2 Å². The van der Waals surface area contributed by atoms with E-state index in [0.29, 0.717) is 13.0 Å². The van der Waals surface area contributed by atoms with Crippen molar-refractivity contribution in [2.75, 3.05) is 7.11 Å². The number of ether oxygens (including phenoxy) is 1. The van der Waals surface area contributed by atoms with E-state index in [9.17, 15) is 8.42 Å². The maximum Gasteiger partial charge on any atom is 0.257 e. The lowest BCUT2D eigenvalue weighted by Crippen LogP contribution is -2.16. The third kappa shape index (κ3) is 3.79. The molecule has 1 unspecified atom stereocenters. The first-order valence-corrected chi connectivity index (χ1v) is 7.04. The number of imidazole rings is 1. The van der Waals surface area contributed by atoms with Crippen LogP contribution in [0.4, 0.5) is 0 Å². The van der Waals surface area contributed by atoms with E-state index in [1.807, 2.05) is 13.8 Å². The van der Waals surface area contributed by atoms with E-state index in [4.69, 9.17) is 9.88 Å². The van der Waals surface area contributed by atoms with Gasteiger partial charge in [0.05, 0.1) is 6.10 Å². The molecule has 7 heteroatoms. The Labute approximate surface area is 102 Å². The molecule has 17 heavy (non-hydrogen) atoms. The number of nitrogens with two attached hydrogens (primary N) is 1. The molecule has 1 aromatic heterocycles. The van der Waals surface area contributed by atoms with Crippen LogP contribution in [-0.2, 0) is 27.7 Å². The summed E-state index contributed by atoms with van der Waals surface area (Å²) in [5, 5.41) is 4.98. The molecule has 0 radical (unpaired) electrons. The third-order valence-corrected chi connectivity index (χ3v) is 3.24. The summed E-state index contributed by atoms with van der Waals surface area (Å²) in [6.07, 6.45) is 3.07. The minimum Gasteiger partial charge on any atom is -0.380 e. The minimum atomic E-state index is -3.74. The lowest BCUT2D eigenvalue weighted by molar-refractivity contribution is 0.102. The quantitative estimate of drug-likeness (QED) is 0.808. The molecule has 0 aliphatic rings. The van der Waals surface area contributed by atoms with Gasteiger partial charge < -0.3 is 9.30 Å². The van der Waals surface area contributed by atoms with E-state index < -0.39 is 10.0 Å². The number of hydrogen-bond donors (Lipinski definition) is 1. The van der Waals surface area contributed by atoms with Gasteiger partial charge in [-0.05, 0) is 13.3 Å². The Kier molecular flexibility index (Phi) is 4.67. The molecule has 1 heterocycles. The number of aromatic nitrogens is 2. The van der Waals surface area contributed by atoms with Crippen LogP contribution in [0.1, 0.15) is 26.1 Å². The van der Waals surface area contributed by atoms with E-state index in [1.165, 1.54) is 6.20 Å². The average molecular weight is 261 g/mol. The van der Waals surface area contributed by atoms with Crippen molar-refractivity contribution in [1.29, 1.82) is 0 Å². The second kappa shape index (κ2) is 5.61. The Bertz CT molecular complexity index is 467. The zero-order valence-corrected chi connectivity index (χ0v) is 11.2. The van der Waals surface area contributed by atoms with Crippen LogP contribution in [0.5, 0.6) is 0 Å². The molecular formula is C10H19N3O3S. The van der Waals surface area contributed by atoms with Gasteiger partial charge in [0.1, 0.15) is 5.82 Å². The predicted octanol–water partition coefficient (Wildman–Crippen LogP) is 0.518. The molecule has 0 bridgehead atoms. The van der Waals surface area contributed by atoms with E-state index in [1.54, 1.807) is 11.7 Å². The second-order valence-corrected chi connectivity index (χ2v) is 5.50. The van der Waals surface area contributed by atoms with Crippen molar-refractivity contribution in [3.8, 4) is 0 Å². The summed E-state index contributed by atoms with van der Waals surface area (Å²) >= 11 is 0. The number of methoxy groups -OCH3 is 1. The van der Waals surface area contributed by atoms with E-state index >= 15 is 0 Å². The molecule has 0 saturated carbocycles. The first kappa shape index (κ1) is 14.1. The summed E-state index contributed by atoms with van der Waals surface area (Å²) in [7, 11) is -2.13. The largest absolute Gasteiger partial charge is 0.380 e. The van der Waals surface area contributed by atoms with Crippen molar-refractivity contribution >= 4 is 10.0 Å². The summed E-state index contributed by atoms with van der Waals surface area (Å²) in [6, 6.07) is 0. The predicted molar refractivity (Wildman–Crippen MR) is 64.1 cm³/mol. The zero-order valence-electron chi connectivity index (χ0n) is 10.4. The average Bonchev–Trinajstić information content (AvgIpc) is 2.62. The smallest absolute Gasteiger partial charge is 0.257 e.